The van der Waals surface area contributed by atoms with E-state index in [1.807, 2.05) is 0 Å². The number of benzene rings is 1. The number of esters is 3. The van der Waals surface area contributed by atoms with Crippen molar-refractivity contribution in [3.63, 3.8) is 0 Å². The van der Waals surface area contributed by atoms with Crippen LogP contribution in [0.15, 0.2) is 36.4 Å². The summed E-state index contributed by atoms with van der Waals surface area (Å²) in [5, 5.41) is 0.165. The number of rotatable bonds is 47. The van der Waals surface area contributed by atoms with Crippen molar-refractivity contribution >= 4 is 26.2 Å². The Balaban J connectivity index is 2.47. The minimum absolute atomic E-state index is 0.0985. The Morgan fingerprint density at radius 3 is 1.32 bits per heavy atom. The number of ether oxygens (including phenoxy) is 3. The maximum Gasteiger partial charge on any atom is 0.306 e. The van der Waals surface area contributed by atoms with E-state index in [1.54, 1.807) is 0 Å². The number of hydrogen-bond acceptors (Lipinski definition) is 7. The molecule has 1 aromatic rings. The zero-order chi connectivity index (χ0) is 53.1. The van der Waals surface area contributed by atoms with Crippen molar-refractivity contribution in [2.45, 2.75) is 311 Å². The molecule has 1 unspecified atom stereocenters. The number of carbonyl (C=O) groups is 3. The van der Waals surface area contributed by atoms with E-state index < -0.39 is 14.4 Å². The molecule has 0 heterocycles. The monoisotopic (exact) mass is 1020 g/mol. The molecule has 1 aromatic carbocycles. The van der Waals surface area contributed by atoms with E-state index in [4.69, 9.17) is 18.6 Å². The summed E-state index contributed by atoms with van der Waals surface area (Å²) in [6.45, 7) is 22.3. The predicted octanol–water partition coefficient (Wildman–Crippen LogP) is 19.7. The molecule has 1 rings (SSSR count). The van der Waals surface area contributed by atoms with Crippen LogP contribution in [0.5, 0.6) is 5.75 Å². The van der Waals surface area contributed by atoms with Gasteiger partial charge in [-0.15, -0.1) is 0 Å². The molecule has 0 aliphatic carbocycles. The van der Waals surface area contributed by atoms with Gasteiger partial charge in [0.25, 0.3) is 8.32 Å². The highest BCUT2D eigenvalue weighted by molar-refractivity contribution is 6.74. The molecule has 7 nitrogen and oxygen atoms in total. The van der Waals surface area contributed by atoms with Crippen LogP contribution in [0.1, 0.15) is 283 Å². The molecule has 0 saturated carbocycles. The van der Waals surface area contributed by atoms with Gasteiger partial charge in [0.15, 0.2) is 6.10 Å². The van der Waals surface area contributed by atoms with E-state index in [0.29, 0.717) is 12.8 Å². The van der Waals surface area contributed by atoms with Gasteiger partial charge in [0.1, 0.15) is 19.0 Å². The highest BCUT2D eigenvalue weighted by atomic mass is 28.4. The minimum Gasteiger partial charge on any atom is -0.543 e. The van der Waals surface area contributed by atoms with E-state index in [2.05, 4.69) is 105 Å². The molecule has 0 amide bonds. The molecule has 1 atom stereocenters. The third-order valence-electron chi connectivity index (χ3n) is 14.8. The first-order valence-corrected chi connectivity index (χ1v) is 33.1. The van der Waals surface area contributed by atoms with E-state index in [0.717, 1.165) is 89.2 Å². The summed E-state index contributed by atoms with van der Waals surface area (Å²) in [6.07, 6.45) is 48.5. The standard InChI is InChI=1S/C64H114O7Si/c1-11-13-15-17-19-21-23-25-27-29-31-33-35-40-44-48-60(65)68-53-59(54-69-61(66)49-45-41-36-34-32-30-28-26-24-22-20-18-16-14-12-2)70-62(67)50-55(3)46-42-38-37-39-43-47-58-51-56(4)63(57(5)52-58)71-72(9,10)64(6,7)8/h25-28,51-52,55,59H,11-24,29-50,53-54H2,1-10H3/b27-25-,28-26-. The Bertz CT molecular complexity index is 1500. The molecule has 0 saturated heterocycles. The van der Waals surface area contributed by atoms with E-state index in [9.17, 15) is 14.4 Å². The second-order valence-corrected chi connectivity index (χ2v) is 27.9. The first-order chi connectivity index (χ1) is 34.6. The number of carbonyl (C=O) groups excluding carboxylic acids is 3. The topological polar surface area (TPSA) is 88.1 Å². The lowest BCUT2D eigenvalue weighted by Crippen LogP contribution is -2.44. The summed E-state index contributed by atoms with van der Waals surface area (Å²) < 4.78 is 23.8. The summed E-state index contributed by atoms with van der Waals surface area (Å²) in [5.41, 5.74) is 3.87. The summed E-state index contributed by atoms with van der Waals surface area (Å²) in [5.74, 6) is 0.321. The number of allylic oxidation sites excluding steroid dienone is 4. The predicted molar refractivity (Wildman–Crippen MR) is 310 cm³/mol. The molecule has 0 bridgehead atoms. The normalized spacial score (nSPS) is 12.6. The Hall–Kier alpha value is -2.87. The van der Waals surface area contributed by atoms with Crippen LogP contribution < -0.4 is 4.43 Å². The first-order valence-electron chi connectivity index (χ1n) is 30.2. The van der Waals surface area contributed by atoms with Gasteiger partial charge in [-0.05, 0) is 132 Å². The van der Waals surface area contributed by atoms with E-state index in [1.165, 1.54) is 145 Å². The quantitative estimate of drug-likeness (QED) is 0.0211. The van der Waals surface area contributed by atoms with Crippen molar-refractivity contribution in [1.29, 1.82) is 0 Å². The molecule has 0 aromatic heterocycles. The average molecular weight is 1020 g/mol. The Kier molecular flexibility index (Phi) is 40.4. The fourth-order valence-electron chi connectivity index (χ4n) is 9.04. The molecule has 0 aliphatic heterocycles. The third-order valence-corrected chi connectivity index (χ3v) is 19.1. The van der Waals surface area contributed by atoms with Gasteiger partial charge < -0.3 is 18.6 Å². The highest BCUT2D eigenvalue weighted by Gasteiger charge is 2.39. The molecule has 0 spiro atoms. The summed E-state index contributed by atoms with van der Waals surface area (Å²) >= 11 is 0. The van der Waals surface area contributed by atoms with Crippen LogP contribution >= 0.6 is 0 Å². The van der Waals surface area contributed by atoms with Crippen LogP contribution in [-0.2, 0) is 35.0 Å². The molecule has 0 aliphatic rings. The zero-order valence-corrected chi connectivity index (χ0v) is 49.8. The van der Waals surface area contributed by atoms with Crippen molar-refractivity contribution in [1.82, 2.24) is 0 Å². The number of hydrogen-bond donors (Lipinski definition) is 0. The molecule has 8 heteroatoms. The van der Waals surface area contributed by atoms with E-state index in [-0.39, 0.29) is 48.5 Å². The van der Waals surface area contributed by atoms with Gasteiger partial charge in [0.05, 0.1) is 0 Å². The van der Waals surface area contributed by atoms with Crippen LogP contribution in [0.2, 0.25) is 18.1 Å². The zero-order valence-electron chi connectivity index (χ0n) is 48.8. The fourth-order valence-corrected chi connectivity index (χ4v) is 10.2. The van der Waals surface area contributed by atoms with Gasteiger partial charge in [-0.3, -0.25) is 14.4 Å². The second kappa shape index (κ2) is 43.4. The van der Waals surface area contributed by atoms with Gasteiger partial charge in [0.2, 0.25) is 0 Å². The van der Waals surface area contributed by atoms with Crippen molar-refractivity contribution < 1.29 is 33.0 Å². The lowest BCUT2D eigenvalue weighted by Gasteiger charge is -2.37. The summed E-state index contributed by atoms with van der Waals surface area (Å²) in [6, 6.07) is 4.63. The van der Waals surface area contributed by atoms with Gasteiger partial charge in [-0.25, -0.2) is 0 Å². The first kappa shape index (κ1) is 67.1. The smallest absolute Gasteiger partial charge is 0.306 e. The van der Waals surface area contributed by atoms with Crippen LogP contribution in [0.4, 0.5) is 0 Å². The minimum atomic E-state index is -1.90. The molecular formula is C64H114O7Si. The van der Waals surface area contributed by atoms with Crippen molar-refractivity contribution in [2.24, 2.45) is 5.92 Å². The molecule has 0 radical (unpaired) electrons. The Labute approximate surface area is 446 Å². The second-order valence-electron chi connectivity index (χ2n) is 23.2. The lowest BCUT2D eigenvalue weighted by molar-refractivity contribution is -0.167. The fraction of sp³-hybridized carbons (Fsp3) is 0.797. The third kappa shape index (κ3) is 37.0. The van der Waals surface area contributed by atoms with Gasteiger partial charge >= 0.3 is 17.9 Å². The lowest BCUT2D eigenvalue weighted by atomic mass is 9.98. The van der Waals surface area contributed by atoms with Gasteiger partial charge in [-0.2, -0.15) is 0 Å². The van der Waals surface area contributed by atoms with Crippen LogP contribution in [0.25, 0.3) is 0 Å². The Morgan fingerprint density at radius 2 is 0.903 bits per heavy atom. The van der Waals surface area contributed by atoms with Crippen molar-refractivity contribution in [3.05, 3.63) is 53.1 Å². The SMILES string of the molecule is CCCCCCCC/C=C\CCCCCCCC(=O)OCC(COC(=O)CCCCCCC/C=C\CCCCCCCC)OC(=O)CC(C)CCCCCCCc1cc(C)c(O[Si](C)(C)C(C)(C)C)c(C)c1. The van der Waals surface area contributed by atoms with Gasteiger partial charge in [-0.1, -0.05) is 213 Å². The Morgan fingerprint density at radius 1 is 0.528 bits per heavy atom. The number of aryl methyl sites for hydroxylation is 3. The van der Waals surface area contributed by atoms with Crippen molar-refractivity contribution in [3.8, 4) is 5.75 Å². The highest BCUT2D eigenvalue weighted by Crippen LogP contribution is 2.39. The maximum atomic E-state index is 13.2. The van der Waals surface area contributed by atoms with Crippen LogP contribution in [0.3, 0.4) is 0 Å². The van der Waals surface area contributed by atoms with E-state index >= 15 is 0 Å². The maximum absolute atomic E-state index is 13.2. The van der Waals surface area contributed by atoms with Gasteiger partial charge in [0, 0.05) is 19.3 Å². The van der Waals surface area contributed by atoms with Crippen molar-refractivity contribution in [2.75, 3.05) is 13.2 Å². The van der Waals surface area contributed by atoms with Crippen LogP contribution in [-0.4, -0.2) is 45.5 Å². The summed E-state index contributed by atoms with van der Waals surface area (Å²) in [4.78, 5) is 38.7. The molecule has 0 N–H and O–H groups in total. The average Bonchev–Trinajstić information content (AvgIpc) is 3.32. The summed E-state index contributed by atoms with van der Waals surface area (Å²) in [7, 11) is -1.90. The number of unbranched alkanes of at least 4 members (excludes halogenated alkanes) is 26. The molecule has 416 valence electrons. The molecular weight excluding hydrogens is 909 g/mol. The molecule has 72 heavy (non-hydrogen) atoms. The molecule has 0 fully saturated rings. The largest absolute Gasteiger partial charge is 0.543 e. The van der Waals surface area contributed by atoms with Crippen LogP contribution in [0, 0.1) is 19.8 Å².